The molecule has 0 amide bonds. The molecule has 0 saturated carbocycles. The number of hydrogen-bond acceptors (Lipinski definition) is 2. The lowest BCUT2D eigenvalue weighted by atomic mass is 10.3. The molecule has 1 N–H and O–H groups in total. The second-order valence-corrected chi connectivity index (χ2v) is 2.30. The van der Waals surface area contributed by atoms with E-state index in [0.717, 1.165) is 26.3 Å². The molecule has 0 aromatic heterocycles. The Labute approximate surface area is 77.7 Å². The van der Waals surface area contributed by atoms with Crippen LogP contribution in [0, 0.1) is 0 Å². The van der Waals surface area contributed by atoms with Crippen molar-refractivity contribution in [2.45, 2.75) is 40.5 Å². The van der Waals surface area contributed by atoms with Crippen molar-refractivity contribution in [2.24, 2.45) is 0 Å². The van der Waals surface area contributed by atoms with E-state index in [2.05, 4.69) is 12.2 Å². The number of rotatable bonds is 7. The number of nitrogens with one attached hydrogen (secondary N) is 1. The summed E-state index contributed by atoms with van der Waals surface area (Å²) in [4.78, 5) is 0. The highest BCUT2D eigenvalue weighted by Gasteiger charge is 1.84. The topological polar surface area (TPSA) is 21.3 Å². The van der Waals surface area contributed by atoms with Gasteiger partial charge in [-0.25, -0.2) is 0 Å². The van der Waals surface area contributed by atoms with E-state index < -0.39 is 0 Å². The van der Waals surface area contributed by atoms with Crippen LogP contribution in [-0.4, -0.2) is 26.3 Å². The molecular weight excluding hydrogens is 150 g/mol. The monoisotopic (exact) mass is 175 g/mol. The summed E-state index contributed by atoms with van der Waals surface area (Å²) >= 11 is 0. The maximum absolute atomic E-state index is 5.15. The summed E-state index contributed by atoms with van der Waals surface area (Å²) in [6.45, 7) is 12.0. The molecule has 0 aliphatic heterocycles. The SMILES string of the molecule is CC.CCCCNCCOCC. The molecule has 0 heterocycles. The van der Waals surface area contributed by atoms with Gasteiger partial charge in [0.25, 0.3) is 0 Å². The van der Waals surface area contributed by atoms with Gasteiger partial charge < -0.3 is 10.1 Å². The Kier molecular flexibility index (Phi) is 20.6. The normalized spacial score (nSPS) is 9.00. The Morgan fingerprint density at radius 2 is 1.75 bits per heavy atom. The van der Waals surface area contributed by atoms with Crippen LogP contribution in [0.15, 0.2) is 0 Å². The van der Waals surface area contributed by atoms with Crippen molar-refractivity contribution >= 4 is 0 Å². The molecule has 76 valence electrons. The van der Waals surface area contributed by atoms with E-state index in [1.807, 2.05) is 20.8 Å². The van der Waals surface area contributed by atoms with Crippen LogP contribution < -0.4 is 5.32 Å². The quantitative estimate of drug-likeness (QED) is 0.600. The minimum atomic E-state index is 0.829. The summed E-state index contributed by atoms with van der Waals surface area (Å²) in [6.07, 6.45) is 2.54. The summed E-state index contributed by atoms with van der Waals surface area (Å²) < 4.78 is 5.15. The Balaban J connectivity index is 0. The van der Waals surface area contributed by atoms with Crippen LogP contribution in [0.1, 0.15) is 40.5 Å². The van der Waals surface area contributed by atoms with Gasteiger partial charge in [0.1, 0.15) is 0 Å². The predicted molar refractivity (Wildman–Crippen MR) is 55.6 cm³/mol. The van der Waals surface area contributed by atoms with Crippen LogP contribution in [0.25, 0.3) is 0 Å². The number of ether oxygens (including phenoxy) is 1. The molecule has 0 rings (SSSR count). The summed E-state index contributed by atoms with van der Waals surface area (Å²) in [6, 6.07) is 0. The van der Waals surface area contributed by atoms with Crippen molar-refractivity contribution < 1.29 is 4.74 Å². The highest BCUT2D eigenvalue weighted by atomic mass is 16.5. The van der Waals surface area contributed by atoms with Gasteiger partial charge in [-0.2, -0.15) is 0 Å². The first kappa shape index (κ1) is 14.4. The minimum absolute atomic E-state index is 0.829. The minimum Gasteiger partial charge on any atom is -0.380 e. The summed E-state index contributed by atoms with van der Waals surface area (Å²) in [7, 11) is 0. The van der Waals surface area contributed by atoms with Crippen molar-refractivity contribution in [3.8, 4) is 0 Å². The Bertz CT molecular complexity index is 49.8. The molecule has 0 atom stereocenters. The Morgan fingerprint density at radius 1 is 1.08 bits per heavy atom. The highest BCUT2D eigenvalue weighted by molar-refractivity contribution is 4.44. The van der Waals surface area contributed by atoms with Crippen LogP contribution in [0.5, 0.6) is 0 Å². The molecule has 0 aliphatic carbocycles. The molecule has 0 radical (unpaired) electrons. The van der Waals surface area contributed by atoms with E-state index in [0.29, 0.717) is 0 Å². The van der Waals surface area contributed by atoms with Gasteiger partial charge in [-0.05, 0) is 19.9 Å². The average Bonchev–Trinajstić information content (AvgIpc) is 2.15. The largest absolute Gasteiger partial charge is 0.380 e. The third-order valence-corrected chi connectivity index (χ3v) is 1.33. The third-order valence-electron chi connectivity index (χ3n) is 1.33. The summed E-state index contributed by atoms with van der Waals surface area (Å²) in [5.41, 5.74) is 0. The molecule has 0 saturated heterocycles. The first-order chi connectivity index (χ1) is 5.91. The zero-order valence-electron chi connectivity index (χ0n) is 9.15. The molecule has 0 bridgehead atoms. The van der Waals surface area contributed by atoms with Gasteiger partial charge in [-0.3, -0.25) is 0 Å². The predicted octanol–water partition coefficient (Wildman–Crippen LogP) is 2.44. The lowest BCUT2D eigenvalue weighted by Gasteiger charge is -2.02. The average molecular weight is 175 g/mol. The van der Waals surface area contributed by atoms with Crippen molar-refractivity contribution in [1.82, 2.24) is 5.32 Å². The van der Waals surface area contributed by atoms with E-state index >= 15 is 0 Å². The number of hydrogen-bond donors (Lipinski definition) is 1. The second-order valence-electron chi connectivity index (χ2n) is 2.30. The Hall–Kier alpha value is -0.0800. The zero-order chi connectivity index (χ0) is 9.66. The van der Waals surface area contributed by atoms with Crippen molar-refractivity contribution in [2.75, 3.05) is 26.3 Å². The molecule has 0 aromatic rings. The Morgan fingerprint density at radius 3 is 2.25 bits per heavy atom. The van der Waals surface area contributed by atoms with Crippen LogP contribution in [0.3, 0.4) is 0 Å². The van der Waals surface area contributed by atoms with Crippen molar-refractivity contribution in [1.29, 1.82) is 0 Å². The van der Waals surface area contributed by atoms with Crippen molar-refractivity contribution in [3.63, 3.8) is 0 Å². The molecule has 12 heavy (non-hydrogen) atoms. The van der Waals surface area contributed by atoms with E-state index in [1.165, 1.54) is 12.8 Å². The first-order valence-corrected chi connectivity index (χ1v) is 5.20. The van der Waals surface area contributed by atoms with Crippen LogP contribution in [0.4, 0.5) is 0 Å². The molecule has 0 aliphatic rings. The lowest BCUT2D eigenvalue weighted by molar-refractivity contribution is 0.149. The van der Waals surface area contributed by atoms with Gasteiger partial charge in [0.15, 0.2) is 0 Å². The molecule has 0 spiro atoms. The van der Waals surface area contributed by atoms with E-state index in [9.17, 15) is 0 Å². The maximum Gasteiger partial charge on any atom is 0.0590 e. The zero-order valence-corrected chi connectivity index (χ0v) is 9.15. The summed E-state index contributed by atoms with van der Waals surface area (Å²) in [5, 5.41) is 3.30. The smallest absolute Gasteiger partial charge is 0.0590 e. The number of unbranched alkanes of at least 4 members (excludes halogenated alkanes) is 1. The van der Waals surface area contributed by atoms with Gasteiger partial charge in [0, 0.05) is 13.2 Å². The fraction of sp³-hybridized carbons (Fsp3) is 1.00. The second kappa shape index (κ2) is 17.1. The molecule has 0 unspecified atom stereocenters. The van der Waals surface area contributed by atoms with Gasteiger partial charge in [-0.15, -0.1) is 0 Å². The van der Waals surface area contributed by atoms with Crippen molar-refractivity contribution in [3.05, 3.63) is 0 Å². The van der Waals surface area contributed by atoms with Crippen LogP contribution in [0.2, 0.25) is 0 Å². The maximum atomic E-state index is 5.15. The first-order valence-electron chi connectivity index (χ1n) is 5.20. The van der Waals surface area contributed by atoms with Crippen LogP contribution >= 0.6 is 0 Å². The lowest BCUT2D eigenvalue weighted by Crippen LogP contribution is -2.20. The fourth-order valence-corrected chi connectivity index (χ4v) is 0.715. The standard InChI is InChI=1S/C8H19NO.C2H6/c1-3-5-6-9-7-8-10-4-2;1-2/h9H,3-8H2,1-2H3;1-2H3. The summed E-state index contributed by atoms with van der Waals surface area (Å²) in [5.74, 6) is 0. The molecular formula is C10H25NO. The van der Waals surface area contributed by atoms with E-state index in [4.69, 9.17) is 4.74 Å². The molecule has 2 nitrogen and oxygen atoms in total. The molecule has 0 aromatic carbocycles. The van der Waals surface area contributed by atoms with Gasteiger partial charge in [-0.1, -0.05) is 27.2 Å². The molecule has 2 heteroatoms. The van der Waals surface area contributed by atoms with E-state index in [-0.39, 0.29) is 0 Å². The van der Waals surface area contributed by atoms with Gasteiger partial charge in [0.2, 0.25) is 0 Å². The fourth-order valence-electron chi connectivity index (χ4n) is 0.715. The van der Waals surface area contributed by atoms with Gasteiger partial charge >= 0.3 is 0 Å². The van der Waals surface area contributed by atoms with Gasteiger partial charge in [0.05, 0.1) is 6.61 Å². The van der Waals surface area contributed by atoms with Crippen LogP contribution in [-0.2, 0) is 4.74 Å². The molecule has 0 fully saturated rings. The van der Waals surface area contributed by atoms with E-state index in [1.54, 1.807) is 0 Å². The highest BCUT2D eigenvalue weighted by Crippen LogP contribution is 1.81. The third kappa shape index (κ3) is 16.5.